The van der Waals surface area contributed by atoms with E-state index < -0.39 is 42.1 Å². The van der Waals surface area contributed by atoms with Gasteiger partial charge in [-0.05, 0) is 51.4 Å². The van der Waals surface area contributed by atoms with E-state index in [1.807, 2.05) is 0 Å². The summed E-state index contributed by atoms with van der Waals surface area (Å²) in [6.45, 7) is 8.34. The summed E-state index contributed by atoms with van der Waals surface area (Å²) in [7, 11) is 0. The molecule has 0 spiro atoms. The van der Waals surface area contributed by atoms with E-state index >= 15 is 0 Å². The zero-order valence-corrected chi connectivity index (χ0v) is 37.3. The van der Waals surface area contributed by atoms with Crippen LogP contribution >= 0.6 is 0 Å². The van der Waals surface area contributed by atoms with Crippen molar-refractivity contribution < 1.29 is 33.4 Å². The number of rotatable bonds is 41. The first kappa shape index (κ1) is 53.6. The molecule has 0 radical (unpaired) electrons. The Balaban J connectivity index is 4.50. The monoisotopic (exact) mass is 792 g/mol. The number of carbonyl (C=O) groups is 4. The van der Waals surface area contributed by atoms with Gasteiger partial charge >= 0.3 is 17.9 Å². The molecule has 0 aromatic rings. The highest BCUT2D eigenvalue weighted by Crippen LogP contribution is 2.18. The second kappa shape index (κ2) is 40.8. The van der Waals surface area contributed by atoms with Gasteiger partial charge in [0.15, 0.2) is 6.10 Å². The van der Waals surface area contributed by atoms with Gasteiger partial charge in [-0.2, -0.15) is 0 Å². The van der Waals surface area contributed by atoms with E-state index in [0.29, 0.717) is 12.8 Å². The Hall–Kier alpha value is -2.38. The first-order valence-electron chi connectivity index (χ1n) is 23.6. The smallest absolute Gasteiger partial charge is 0.303 e. The number of unbranched alkanes of at least 4 members (excludes halogenated alkanes) is 28. The zero-order chi connectivity index (χ0) is 41.3. The highest BCUT2D eigenvalue weighted by molar-refractivity contribution is 5.83. The van der Waals surface area contributed by atoms with E-state index in [2.05, 4.69) is 31.3 Å². The third-order valence-corrected chi connectivity index (χ3v) is 10.7. The van der Waals surface area contributed by atoms with E-state index in [4.69, 9.17) is 14.2 Å². The molecule has 0 saturated heterocycles. The average Bonchev–Trinajstić information content (AvgIpc) is 3.16. The number of ether oxygens (including phenoxy) is 3. The van der Waals surface area contributed by atoms with Crippen LogP contribution in [0.4, 0.5) is 0 Å². The summed E-state index contributed by atoms with van der Waals surface area (Å²) in [6, 6.07) is -0.743. The molecule has 0 bridgehead atoms. The predicted octanol–water partition coefficient (Wildman–Crippen LogP) is 13.4. The Morgan fingerprint density at radius 1 is 0.446 bits per heavy atom. The van der Waals surface area contributed by atoms with Gasteiger partial charge < -0.3 is 19.5 Å². The van der Waals surface area contributed by atoms with Crippen molar-refractivity contribution in [1.82, 2.24) is 5.32 Å². The van der Waals surface area contributed by atoms with E-state index in [9.17, 15) is 19.2 Å². The first-order chi connectivity index (χ1) is 27.2. The number of esters is 3. The standard InChI is InChI=1S/C48H89NO7/c1-6-8-10-12-14-16-18-20-21-22-23-24-25-26-28-30-32-34-36-38-40-47(56-44(5)52)48(53)49-45(41-54-42(3)50)46(55-43(4)51)39-37-35-33-31-29-27-19-17-15-13-11-9-7-2/h15,17,45-47H,6-14,16,18-41H2,1-5H3,(H,49,53). The molecule has 1 N–H and O–H groups in total. The number of hydrogen-bond acceptors (Lipinski definition) is 7. The lowest BCUT2D eigenvalue weighted by atomic mass is 10.0. The van der Waals surface area contributed by atoms with Crippen LogP contribution in [0.1, 0.15) is 247 Å². The summed E-state index contributed by atoms with van der Waals surface area (Å²) in [5, 5.41) is 2.92. The van der Waals surface area contributed by atoms with E-state index in [1.165, 1.54) is 168 Å². The molecule has 0 saturated carbocycles. The summed E-state index contributed by atoms with van der Waals surface area (Å²) in [4.78, 5) is 49.2. The van der Waals surface area contributed by atoms with Crippen molar-refractivity contribution in [3.8, 4) is 0 Å². The Kier molecular flexibility index (Phi) is 39.1. The van der Waals surface area contributed by atoms with Gasteiger partial charge in [0.2, 0.25) is 0 Å². The van der Waals surface area contributed by atoms with Gasteiger partial charge in [-0.1, -0.05) is 187 Å². The van der Waals surface area contributed by atoms with Crippen molar-refractivity contribution in [2.45, 2.75) is 265 Å². The molecule has 0 aromatic carbocycles. The molecule has 0 aliphatic heterocycles. The Bertz CT molecular complexity index is 967. The number of amides is 1. The average molecular weight is 792 g/mol. The van der Waals surface area contributed by atoms with E-state index in [-0.39, 0.29) is 6.61 Å². The highest BCUT2D eigenvalue weighted by Gasteiger charge is 2.31. The molecular formula is C48H89NO7. The molecule has 8 heteroatoms. The zero-order valence-electron chi connectivity index (χ0n) is 37.3. The second-order valence-electron chi connectivity index (χ2n) is 16.3. The number of hydrogen-bond donors (Lipinski definition) is 1. The topological polar surface area (TPSA) is 108 Å². The molecule has 1 amide bonds. The van der Waals surface area contributed by atoms with E-state index in [0.717, 1.165) is 51.4 Å². The maximum atomic E-state index is 13.5. The number of nitrogens with one attached hydrogen (secondary N) is 1. The lowest BCUT2D eigenvalue weighted by Crippen LogP contribution is -2.51. The molecule has 56 heavy (non-hydrogen) atoms. The Morgan fingerprint density at radius 2 is 0.804 bits per heavy atom. The van der Waals surface area contributed by atoms with Crippen LogP contribution in [0.3, 0.4) is 0 Å². The van der Waals surface area contributed by atoms with Crippen molar-refractivity contribution >= 4 is 23.8 Å². The molecule has 0 fully saturated rings. The fourth-order valence-corrected chi connectivity index (χ4v) is 7.37. The molecule has 0 aromatic heterocycles. The summed E-state index contributed by atoms with van der Waals surface area (Å²) in [6.07, 6.45) is 42.4. The first-order valence-corrected chi connectivity index (χ1v) is 23.6. The van der Waals surface area contributed by atoms with Crippen LogP contribution in [0.2, 0.25) is 0 Å². The Morgan fingerprint density at radius 3 is 1.21 bits per heavy atom. The van der Waals surface area contributed by atoms with Crippen LogP contribution in [0.5, 0.6) is 0 Å². The van der Waals surface area contributed by atoms with Crippen molar-refractivity contribution in [2.24, 2.45) is 0 Å². The minimum absolute atomic E-state index is 0.128. The predicted molar refractivity (Wildman–Crippen MR) is 233 cm³/mol. The Labute approximate surface area is 345 Å². The molecular weight excluding hydrogens is 703 g/mol. The van der Waals surface area contributed by atoms with Crippen LogP contribution < -0.4 is 5.32 Å². The van der Waals surface area contributed by atoms with Gasteiger partial charge in [-0.25, -0.2) is 0 Å². The maximum absolute atomic E-state index is 13.5. The molecule has 3 atom stereocenters. The summed E-state index contributed by atoms with van der Waals surface area (Å²) in [5.74, 6) is -1.91. The van der Waals surface area contributed by atoms with Crippen LogP contribution in [-0.4, -0.2) is 48.7 Å². The molecule has 0 rings (SSSR count). The summed E-state index contributed by atoms with van der Waals surface area (Å²) >= 11 is 0. The van der Waals surface area contributed by atoms with Crippen LogP contribution in [0, 0.1) is 0 Å². The van der Waals surface area contributed by atoms with Gasteiger partial charge in [0.25, 0.3) is 5.91 Å². The van der Waals surface area contributed by atoms with Crippen molar-refractivity contribution in [3.05, 3.63) is 12.2 Å². The third kappa shape index (κ3) is 37.2. The summed E-state index contributed by atoms with van der Waals surface area (Å²) < 4.78 is 16.4. The number of carbonyl (C=O) groups excluding carboxylic acids is 4. The molecule has 328 valence electrons. The highest BCUT2D eigenvalue weighted by atomic mass is 16.6. The second-order valence-corrected chi connectivity index (χ2v) is 16.3. The fourth-order valence-electron chi connectivity index (χ4n) is 7.37. The third-order valence-electron chi connectivity index (χ3n) is 10.7. The molecule has 0 heterocycles. The van der Waals surface area contributed by atoms with Crippen LogP contribution in [-0.2, 0) is 33.4 Å². The molecule has 8 nitrogen and oxygen atoms in total. The van der Waals surface area contributed by atoms with Crippen molar-refractivity contribution in [2.75, 3.05) is 6.61 Å². The van der Waals surface area contributed by atoms with Gasteiger partial charge in [0, 0.05) is 20.8 Å². The largest absolute Gasteiger partial charge is 0.464 e. The van der Waals surface area contributed by atoms with Gasteiger partial charge in [-0.15, -0.1) is 0 Å². The van der Waals surface area contributed by atoms with Gasteiger partial charge in [0.1, 0.15) is 18.8 Å². The van der Waals surface area contributed by atoms with Crippen LogP contribution in [0.15, 0.2) is 12.2 Å². The quantitative estimate of drug-likeness (QED) is 0.0284. The fraction of sp³-hybridized carbons (Fsp3) is 0.875. The minimum atomic E-state index is -0.952. The molecule has 0 aliphatic rings. The molecule has 3 unspecified atom stereocenters. The maximum Gasteiger partial charge on any atom is 0.303 e. The van der Waals surface area contributed by atoms with Crippen molar-refractivity contribution in [3.63, 3.8) is 0 Å². The lowest BCUT2D eigenvalue weighted by molar-refractivity contribution is -0.157. The normalized spacial score (nSPS) is 13.0. The SMILES string of the molecule is CCCCCC=CCCCCCCCCC(OC(C)=O)C(COC(C)=O)NC(=O)C(CCCCCCCCCCCCCCCCCCCCCC)OC(C)=O. The molecule has 0 aliphatic carbocycles. The van der Waals surface area contributed by atoms with Crippen molar-refractivity contribution in [1.29, 1.82) is 0 Å². The van der Waals surface area contributed by atoms with E-state index in [1.54, 1.807) is 0 Å². The number of allylic oxidation sites excluding steroid dienone is 2. The minimum Gasteiger partial charge on any atom is -0.464 e. The summed E-state index contributed by atoms with van der Waals surface area (Å²) in [5.41, 5.74) is 0. The lowest BCUT2D eigenvalue weighted by Gasteiger charge is -2.29. The van der Waals surface area contributed by atoms with Gasteiger partial charge in [-0.3, -0.25) is 19.2 Å². The van der Waals surface area contributed by atoms with Gasteiger partial charge in [0.05, 0.1) is 0 Å². The van der Waals surface area contributed by atoms with Crippen LogP contribution in [0.25, 0.3) is 0 Å².